The van der Waals surface area contributed by atoms with Crippen LogP contribution in [0.3, 0.4) is 0 Å². The first-order valence-corrected chi connectivity index (χ1v) is 15.1. The first-order chi connectivity index (χ1) is 9.16. The SMILES string of the molecule is C[Si](C)(C)CC1=[C-]CC=C1.C[Si](C)(C)CC1=[C-]CC=C1.F.F.[Zr+2]. The summed E-state index contributed by atoms with van der Waals surface area (Å²) in [5.41, 5.74) is 2.89. The van der Waals surface area contributed by atoms with Crippen molar-refractivity contribution in [3.63, 3.8) is 0 Å². The maximum Gasteiger partial charge on any atom is 2.00 e. The Kier molecular flexibility index (Phi) is 15.2. The van der Waals surface area contributed by atoms with Crippen LogP contribution in [-0.4, -0.2) is 16.1 Å². The maximum atomic E-state index is 3.35. The third-order valence-corrected chi connectivity index (χ3v) is 5.86. The molecule has 0 aliphatic heterocycles. The molecule has 0 bridgehead atoms. The Morgan fingerprint density at radius 3 is 1.22 bits per heavy atom. The number of allylic oxidation sites excluding steroid dienone is 8. The molecule has 2 aliphatic rings. The van der Waals surface area contributed by atoms with Gasteiger partial charge in [-0.2, -0.15) is 12.2 Å². The van der Waals surface area contributed by atoms with Crippen LogP contribution in [0.2, 0.25) is 51.4 Å². The zero-order valence-corrected chi connectivity index (χ0v) is 19.9. The van der Waals surface area contributed by atoms with Gasteiger partial charge >= 0.3 is 26.2 Å². The zero-order valence-electron chi connectivity index (χ0n) is 15.5. The van der Waals surface area contributed by atoms with Gasteiger partial charge in [-0.25, -0.2) is 23.3 Å². The van der Waals surface area contributed by atoms with E-state index in [9.17, 15) is 0 Å². The van der Waals surface area contributed by atoms with Crippen LogP contribution in [0.1, 0.15) is 12.8 Å². The van der Waals surface area contributed by atoms with Crippen molar-refractivity contribution in [3.05, 3.63) is 47.6 Å². The monoisotopic (exact) mass is 432 g/mol. The average Bonchev–Trinajstić information content (AvgIpc) is 2.87. The van der Waals surface area contributed by atoms with Crippen LogP contribution < -0.4 is 0 Å². The molecule has 130 valence electrons. The molecule has 5 heteroatoms. The molecule has 0 N–H and O–H groups in total. The van der Waals surface area contributed by atoms with Gasteiger partial charge in [0.25, 0.3) is 0 Å². The Hall–Kier alpha value is 0.137. The van der Waals surface area contributed by atoms with Crippen LogP contribution in [-0.2, 0) is 26.2 Å². The minimum absolute atomic E-state index is 0. The van der Waals surface area contributed by atoms with Gasteiger partial charge in [-0.15, -0.1) is 12.8 Å². The third-order valence-electron chi connectivity index (χ3n) is 2.97. The first kappa shape index (κ1) is 28.0. The van der Waals surface area contributed by atoms with E-state index in [1.807, 2.05) is 0 Å². The summed E-state index contributed by atoms with van der Waals surface area (Å²) < 4.78 is 0. The van der Waals surface area contributed by atoms with Crippen LogP contribution in [0.5, 0.6) is 0 Å². The molecule has 0 spiro atoms. The first-order valence-electron chi connectivity index (χ1n) is 7.68. The van der Waals surface area contributed by atoms with Crippen molar-refractivity contribution in [2.75, 3.05) is 0 Å². The van der Waals surface area contributed by atoms with E-state index < -0.39 is 16.1 Å². The second-order valence-electron chi connectivity index (χ2n) is 8.09. The number of hydrogen-bond acceptors (Lipinski definition) is 0. The van der Waals surface area contributed by atoms with Gasteiger partial charge in [-0.1, -0.05) is 51.4 Å². The summed E-state index contributed by atoms with van der Waals surface area (Å²) >= 11 is 0. The molecule has 0 saturated heterocycles. The molecule has 0 saturated carbocycles. The molecule has 0 aromatic heterocycles. The van der Waals surface area contributed by atoms with Gasteiger partial charge in [0.15, 0.2) is 0 Å². The zero-order chi connectivity index (χ0) is 15.2. The quantitative estimate of drug-likeness (QED) is 0.359. The maximum absolute atomic E-state index is 3.35. The molecular formula is C18H32F2Si2Zr. The van der Waals surface area contributed by atoms with Crippen molar-refractivity contribution >= 4 is 16.1 Å². The molecule has 0 nitrogen and oxygen atoms in total. The minimum Gasteiger partial charge on any atom is -0.270 e. The topological polar surface area (TPSA) is 0 Å². The van der Waals surface area contributed by atoms with Crippen molar-refractivity contribution in [1.82, 2.24) is 0 Å². The van der Waals surface area contributed by atoms with Gasteiger partial charge < -0.3 is 0 Å². The molecule has 0 radical (unpaired) electrons. The van der Waals surface area contributed by atoms with E-state index in [4.69, 9.17) is 0 Å². The Bertz CT molecular complexity index is 397. The van der Waals surface area contributed by atoms with Gasteiger partial charge in [-0.3, -0.25) is 21.6 Å². The van der Waals surface area contributed by atoms with Gasteiger partial charge in [-0.05, 0) is 0 Å². The van der Waals surface area contributed by atoms with E-state index in [2.05, 4.69) is 75.7 Å². The second kappa shape index (κ2) is 12.5. The average molecular weight is 434 g/mol. The summed E-state index contributed by atoms with van der Waals surface area (Å²) in [6, 6.07) is 2.59. The van der Waals surface area contributed by atoms with Crippen molar-refractivity contribution < 1.29 is 35.6 Å². The van der Waals surface area contributed by atoms with Crippen LogP contribution in [0.25, 0.3) is 0 Å². The van der Waals surface area contributed by atoms with Crippen molar-refractivity contribution in [3.8, 4) is 0 Å². The van der Waals surface area contributed by atoms with E-state index in [1.165, 1.54) is 23.2 Å². The third kappa shape index (κ3) is 15.4. The molecule has 0 unspecified atom stereocenters. The van der Waals surface area contributed by atoms with E-state index >= 15 is 0 Å². The molecule has 0 atom stereocenters. The number of halogens is 2. The molecule has 0 fully saturated rings. The predicted molar refractivity (Wildman–Crippen MR) is 102 cm³/mol. The Labute approximate surface area is 163 Å². The number of rotatable bonds is 4. The molecule has 2 rings (SSSR count). The van der Waals surface area contributed by atoms with Gasteiger partial charge in [0.1, 0.15) is 0 Å². The fourth-order valence-electron chi connectivity index (χ4n) is 2.29. The predicted octanol–water partition coefficient (Wildman–Crippen LogP) is 6.33. The van der Waals surface area contributed by atoms with Crippen molar-refractivity contribution in [2.45, 2.75) is 64.2 Å². The normalized spacial score (nSPS) is 15.4. The van der Waals surface area contributed by atoms with Crippen molar-refractivity contribution in [2.24, 2.45) is 0 Å². The fourth-order valence-corrected chi connectivity index (χ4v) is 5.06. The van der Waals surface area contributed by atoms with Crippen molar-refractivity contribution in [1.29, 1.82) is 0 Å². The largest absolute Gasteiger partial charge is 2.00 e. The molecule has 23 heavy (non-hydrogen) atoms. The molecule has 0 heterocycles. The summed E-state index contributed by atoms with van der Waals surface area (Å²) in [5.74, 6) is 0. The summed E-state index contributed by atoms with van der Waals surface area (Å²) in [4.78, 5) is 0. The molecule has 0 aromatic carbocycles. The summed E-state index contributed by atoms with van der Waals surface area (Å²) in [5, 5.41) is 0. The van der Waals surface area contributed by atoms with E-state index in [0.717, 1.165) is 12.8 Å². The van der Waals surface area contributed by atoms with Gasteiger partial charge in [0.2, 0.25) is 0 Å². The van der Waals surface area contributed by atoms with Crippen LogP contribution >= 0.6 is 0 Å². The van der Waals surface area contributed by atoms with E-state index in [0.29, 0.717) is 0 Å². The Morgan fingerprint density at radius 1 is 0.739 bits per heavy atom. The Balaban J connectivity index is -0.000000308. The fraction of sp³-hybridized carbons (Fsp3) is 0.556. The summed E-state index contributed by atoms with van der Waals surface area (Å²) in [6.45, 7) is 14.4. The minimum atomic E-state index is -0.873. The second-order valence-corrected chi connectivity index (χ2v) is 19.0. The van der Waals surface area contributed by atoms with Crippen LogP contribution in [0, 0.1) is 12.2 Å². The summed E-state index contributed by atoms with van der Waals surface area (Å²) in [6.07, 6.45) is 17.6. The smallest absolute Gasteiger partial charge is 0.270 e. The van der Waals surface area contributed by atoms with Crippen LogP contribution in [0.4, 0.5) is 9.41 Å². The Morgan fingerprint density at radius 2 is 1.04 bits per heavy atom. The molecule has 0 amide bonds. The molecular weight excluding hydrogens is 402 g/mol. The molecule has 0 aromatic rings. The van der Waals surface area contributed by atoms with E-state index in [1.54, 1.807) is 0 Å². The van der Waals surface area contributed by atoms with Crippen LogP contribution in [0.15, 0.2) is 35.5 Å². The standard InChI is InChI=1S/2C9H15Si.2FH.Zr/c2*1-10(2,3)8-9-6-4-5-7-9;;;/h2*4,6H,5,8H2,1-3H3;2*1H;/q2*-1;;;+2. The number of hydrogen-bond donors (Lipinski definition) is 0. The molecule has 2 aliphatic carbocycles. The van der Waals surface area contributed by atoms with E-state index in [-0.39, 0.29) is 35.6 Å². The van der Waals surface area contributed by atoms with Gasteiger partial charge in [0, 0.05) is 16.1 Å². The van der Waals surface area contributed by atoms with Gasteiger partial charge in [0.05, 0.1) is 0 Å². The summed E-state index contributed by atoms with van der Waals surface area (Å²) in [7, 11) is -1.75.